The first kappa shape index (κ1) is 22.4. The predicted molar refractivity (Wildman–Crippen MR) is 122 cm³/mol. The normalized spacial score (nSPS) is 15.4. The number of carbonyl (C=O) groups is 2. The van der Waals surface area contributed by atoms with Crippen LogP contribution in [0.25, 0.3) is 0 Å². The van der Waals surface area contributed by atoms with Crippen LogP contribution in [-0.4, -0.2) is 46.9 Å². The zero-order chi connectivity index (χ0) is 23.5. The first-order valence-electron chi connectivity index (χ1n) is 10.7. The van der Waals surface area contributed by atoms with Crippen LogP contribution in [0, 0.1) is 19.7 Å². The number of anilines is 1. The lowest BCUT2D eigenvalue weighted by molar-refractivity contribution is 0.0787. The van der Waals surface area contributed by atoms with E-state index in [1.54, 1.807) is 37.1 Å². The average Bonchev–Trinajstić information content (AvgIpc) is 3.30. The van der Waals surface area contributed by atoms with Gasteiger partial charge in [-0.15, -0.1) is 0 Å². The van der Waals surface area contributed by atoms with E-state index in [9.17, 15) is 14.0 Å². The van der Waals surface area contributed by atoms with Crippen LogP contribution in [0.4, 0.5) is 10.1 Å². The Kier molecular flexibility index (Phi) is 6.35. The Morgan fingerprint density at radius 2 is 1.91 bits per heavy atom. The Morgan fingerprint density at radius 1 is 1.12 bits per heavy atom. The van der Waals surface area contributed by atoms with Crippen LogP contribution >= 0.6 is 0 Å². The number of para-hydroxylation sites is 2. The zero-order valence-corrected chi connectivity index (χ0v) is 18.8. The third-order valence-electron chi connectivity index (χ3n) is 5.85. The Balaban J connectivity index is 1.47. The summed E-state index contributed by atoms with van der Waals surface area (Å²) in [6.07, 6.45) is 2.18. The maximum Gasteiger partial charge on any atom is 0.259 e. The van der Waals surface area contributed by atoms with Gasteiger partial charge in [-0.2, -0.15) is 0 Å². The maximum absolute atomic E-state index is 13.8. The van der Waals surface area contributed by atoms with Crippen molar-refractivity contribution in [1.29, 1.82) is 0 Å². The summed E-state index contributed by atoms with van der Waals surface area (Å²) < 4.78 is 19.3. The number of ether oxygens (including phenoxy) is 1. The highest BCUT2D eigenvalue weighted by molar-refractivity contribution is 6.04. The van der Waals surface area contributed by atoms with E-state index >= 15 is 0 Å². The number of hydrogen-bond acceptors (Lipinski definition) is 5. The lowest BCUT2D eigenvalue weighted by Gasteiger charge is -2.19. The summed E-state index contributed by atoms with van der Waals surface area (Å²) in [5.74, 6) is 0.0633. The molecule has 2 amide bonds. The van der Waals surface area contributed by atoms with Gasteiger partial charge >= 0.3 is 0 Å². The minimum absolute atomic E-state index is 0.0351. The molecule has 0 saturated carbocycles. The fourth-order valence-electron chi connectivity index (χ4n) is 4.07. The van der Waals surface area contributed by atoms with Crippen LogP contribution in [0.15, 0.2) is 48.7 Å². The van der Waals surface area contributed by atoms with E-state index in [1.165, 1.54) is 18.3 Å². The summed E-state index contributed by atoms with van der Waals surface area (Å²) in [5.41, 5.74) is 2.32. The van der Waals surface area contributed by atoms with Crippen molar-refractivity contribution in [3.63, 3.8) is 0 Å². The molecule has 7 nitrogen and oxygen atoms in total. The molecule has 33 heavy (non-hydrogen) atoms. The molecule has 0 bridgehead atoms. The van der Waals surface area contributed by atoms with Crippen molar-refractivity contribution in [2.75, 3.05) is 25.5 Å². The SMILES string of the molecule is COc1c(C)cccc1C(=O)N1CC[C@H](c2ncc(C(=O)Nc3ccccc3F)c(C)n2)C1. The number of carbonyl (C=O) groups excluding carboxylic acids is 2. The second-order valence-corrected chi connectivity index (χ2v) is 8.05. The number of nitrogens with one attached hydrogen (secondary N) is 1. The van der Waals surface area contributed by atoms with Crippen molar-refractivity contribution in [3.05, 3.63) is 82.7 Å². The second-order valence-electron chi connectivity index (χ2n) is 8.05. The number of methoxy groups -OCH3 is 1. The van der Waals surface area contributed by atoms with Crippen molar-refractivity contribution < 1.29 is 18.7 Å². The highest BCUT2D eigenvalue weighted by atomic mass is 19.1. The van der Waals surface area contributed by atoms with Gasteiger partial charge in [0.1, 0.15) is 17.4 Å². The monoisotopic (exact) mass is 448 g/mol. The molecule has 1 aliphatic heterocycles. The number of amides is 2. The molecule has 0 unspecified atom stereocenters. The van der Waals surface area contributed by atoms with E-state index in [0.29, 0.717) is 35.9 Å². The number of halogens is 1. The minimum atomic E-state index is -0.512. The van der Waals surface area contributed by atoms with Crippen LogP contribution in [0.5, 0.6) is 5.75 Å². The quantitative estimate of drug-likeness (QED) is 0.635. The average molecular weight is 448 g/mol. The first-order chi connectivity index (χ1) is 15.9. The number of hydrogen-bond donors (Lipinski definition) is 1. The molecule has 1 saturated heterocycles. The van der Waals surface area contributed by atoms with Gasteiger partial charge in [0.25, 0.3) is 11.8 Å². The molecule has 8 heteroatoms. The molecule has 1 atom stereocenters. The molecule has 1 aliphatic rings. The molecule has 2 aromatic carbocycles. The van der Waals surface area contributed by atoms with Gasteiger partial charge in [0.15, 0.2) is 0 Å². The van der Waals surface area contributed by atoms with Gasteiger partial charge in [0.05, 0.1) is 29.6 Å². The Labute approximate surface area is 191 Å². The van der Waals surface area contributed by atoms with Gasteiger partial charge in [-0.1, -0.05) is 24.3 Å². The summed E-state index contributed by atoms with van der Waals surface area (Å²) >= 11 is 0. The molecule has 170 valence electrons. The second kappa shape index (κ2) is 9.36. The van der Waals surface area contributed by atoms with Gasteiger partial charge < -0.3 is 15.0 Å². The van der Waals surface area contributed by atoms with E-state index in [2.05, 4.69) is 15.3 Å². The van der Waals surface area contributed by atoms with E-state index in [4.69, 9.17) is 4.74 Å². The Bertz CT molecular complexity index is 1210. The van der Waals surface area contributed by atoms with E-state index in [1.807, 2.05) is 19.1 Å². The van der Waals surface area contributed by atoms with Crippen molar-refractivity contribution in [2.45, 2.75) is 26.2 Å². The zero-order valence-electron chi connectivity index (χ0n) is 18.8. The van der Waals surface area contributed by atoms with Gasteiger partial charge in [-0.3, -0.25) is 9.59 Å². The van der Waals surface area contributed by atoms with Crippen molar-refractivity contribution >= 4 is 17.5 Å². The first-order valence-corrected chi connectivity index (χ1v) is 10.7. The molecule has 0 aliphatic carbocycles. The summed E-state index contributed by atoms with van der Waals surface area (Å²) in [6.45, 7) is 4.69. The lowest BCUT2D eigenvalue weighted by Crippen LogP contribution is -2.29. The van der Waals surface area contributed by atoms with Crippen LogP contribution in [-0.2, 0) is 0 Å². The number of likely N-dealkylation sites (tertiary alicyclic amines) is 1. The Hall–Kier alpha value is -3.81. The molecule has 0 spiro atoms. The molecular formula is C25H25FN4O3. The molecule has 1 N–H and O–H groups in total. The van der Waals surface area contributed by atoms with E-state index in [0.717, 1.165) is 12.0 Å². The third-order valence-corrected chi connectivity index (χ3v) is 5.85. The fraction of sp³-hybridized carbons (Fsp3) is 0.280. The van der Waals surface area contributed by atoms with Crippen LogP contribution in [0.3, 0.4) is 0 Å². The molecule has 2 heterocycles. The number of rotatable bonds is 5. The summed E-state index contributed by atoms with van der Waals surface area (Å²) in [6, 6.07) is 11.5. The highest BCUT2D eigenvalue weighted by Gasteiger charge is 2.31. The fourth-order valence-corrected chi connectivity index (χ4v) is 4.07. The molecule has 3 aromatic rings. The third kappa shape index (κ3) is 4.55. The molecule has 1 aromatic heterocycles. The van der Waals surface area contributed by atoms with E-state index in [-0.39, 0.29) is 23.1 Å². The molecule has 0 radical (unpaired) electrons. The lowest BCUT2D eigenvalue weighted by atomic mass is 10.1. The van der Waals surface area contributed by atoms with Crippen molar-refractivity contribution in [3.8, 4) is 5.75 Å². The summed E-state index contributed by atoms with van der Waals surface area (Å²) in [7, 11) is 1.56. The number of nitrogens with zero attached hydrogens (tertiary/aromatic N) is 3. The van der Waals surface area contributed by atoms with Gasteiger partial charge in [-0.25, -0.2) is 14.4 Å². The van der Waals surface area contributed by atoms with E-state index < -0.39 is 11.7 Å². The predicted octanol–water partition coefficient (Wildman–Crippen LogP) is 4.12. The number of aromatic nitrogens is 2. The van der Waals surface area contributed by atoms with Crippen molar-refractivity contribution in [1.82, 2.24) is 14.9 Å². The molecular weight excluding hydrogens is 423 g/mol. The van der Waals surface area contributed by atoms with Crippen LogP contribution in [0.2, 0.25) is 0 Å². The molecule has 1 fully saturated rings. The van der Waals surface area contributed by atoms with Crippen LogP contribution < -0.4 is 10.1 Å². The number of aryl methyl sites for hydroxylation is 2. The van der Waals surface area contributed by atoms with Crippen molar-refractivity contribution in [2.24, 2.45) is 0 Å². The smallest absolute Gasteiger partial charge is 0.259 e. The summed E-state index contributed by atoms with van der Waals surface area (Å²) in [4.78, 5) is 36.4. The standard InChI is InChI=1S/C25H25FN4O3/c1-15-7-6-8-18(22(15)33-3)25(32)30-12-11-17(14-30)23-27-13-19(16(2)28-23)24(31)29-21-10-5-4-9-20(21)26/h4-10,13,17H,11-12,14H2,1-3H3,(H,29,31)/t17-/m0/s1. The largest absolute Gasteiger partial charge is 0.496 e. The van der Waals surface area contributed by atoms with Crippen LogP contribution in [0.1, 0.15) is 50.1 Å². The van der Waals surface area contributed by atoms with Gasteiger partial charge in [-0.05, 0) is 44.0 Å². The van der Waals surface area contributed by atoms with Gasteiger partial charge in [0.2, 0.25) is 0 Å². The Morgan fingerprint density at radius 3 is 2.64 bits per heavy atom. The summed E-state index contributed by atoms with van der Waals surface area (Å²) in [5, 5.41) is 2.55. The maximum atomic E-state index is 13.8. The molecule has 4 rings (SSSR count). The minimum Gasteiger partial charge on any atom is -0.496 e. The highest BCUT2D eigenvalue weighted by Crippen LogP contribution is 2.30. The topological polar surface area (TPSA) is 84.4 Å². The number of benzene rings is 2. The van der Waals surface area contributed by atoms with Gasteiger partial charge in [0, 0.05) is 25.2 Å².